The number of nitrogens with zero attached hydrogens (tertiary/aromatic N) is 1. The van der Waals surface area contributed by atoms with E-state index in [9.17, 15) is 14.4 Å². The number of hydrogen-bond acceptors (Lipinski definition) is 4. The topological polar surface area (TPSA) is 90.5 Å². The van der Waals surface area contributed by atoms with Crippen molar-refractivity contribution in [3.63, 3.8) is 0 Å². The van der Waals surface area contributed by atoms with Crippen molar-refractivity contribution in [1.82, 2.24) is 20.9 Å². The van der Waals surface area contributed by atoms with Gasteiger partial charge < -0.3 is 10.6 Å². The van der Waals surface area contributed by atoms with Crippen molar-refractivity contribution in [2.45, 2.75) is 83.7 Å². The lowest BCUT2D eigenvalue weighted by atomic mass is 9.95. The Kier molecular flexibility index (Phi) is 9.04. The quantitative estimate of drug-likeness (QED) is 0.563. The van der Waals surface area contributed by atoms with Gasteiger partial charge in [0.05, 0.1) is 6.04 Å². The molecule has 2 aliphatic rings. The Hall–Kier alpha value is -1.63. The second-order valence-electron chi connectivity index (χ2n) is 7.93. The van der Waals surface area contributed by atoms with Gasteiger partial charge >= 0.3 is 6.03 Å². The number of amides is 4. The van der Waals surface area contributed by atoms with Crippen LogP contribution < -0.4 is 16.0 Å². The molecule has 3 N–H and O–H groups in total. The standard InChI is InChI=1S/C20H36N4O3/c1-3-4-7-12-21-19(26)16-10-13-24(14-11-16)15(2)18(25)23-20(27)22-17-8-5-6-9-17/h15-17H,3-14H2,1-2H3,(H,21,26)(H2,22,23,25,27). The lowest BCUT2D eigenvalue weighted by Crippen LogP contribution is -2.53. The van der Waals surface area contributed by atoms with E-state index in [1.54, 1.807) is 0 Å². The van der Waals surface area contributed by atoms with E-state index in [1.807, 2.05) is 6.92 Å². The minimum atomic E-state index is -0.389. The molecular formula is C20H36N4O3. The molecule has 7 heteroatoms. The first-order valence-electron chi connectivity index (χ1n) is 10.6. The molecule has 2 fully saturated rings. The fraction of sp³-hybridized carbons (Fsp3) is 0.850. The molecule has 0 aromatic carbocycles. The van der Waals surface area contributed by atoms with E-state index in [2.05, 4.69) is 27.8 Å². The highest BCUT2D eigenvalue weighted by Gasteiger charge is 2.30. The summed E-state index contributed by atoms with van der Waals surface area (Å²) in [6.45, 7) is 6.12. The molecule has 0 aromatic heterocycles. The average Bonchev–Trinajstić information content (AvgIpc) is 3.17. The minimum Gasteiger partial charge on any atom is -0.356 e. The Balaban J connectivity index is 1.67. The summed E-state index contributed by atoms with van der Waals surface area (Å²) >= 11 is 0. The number of piperidine rings is 1. The first-order valence-corrected chi connectivity index (χ1v) is 10.6. The van der Waals surface area contributed by atoms with Crippen LogP contribution in [0.5, 0.6) is 0 Å². The highest BCUT2D eigenvalue weighted by molar-refractivity contribution is 5.96. The molecule has 2 rings (SSSR count). The van der Waals surface area contributed by atoms with Crippen LogP contribution in [0.2, 0.25) is 0 Å². The van der Waals surface area contributed by atoms with Crippen LogP contribution in [-0.2, 0) is 9.59 Å². The van der Waals surface area contributed by atoms with Gasteiger partial charge in [0, 0.05) is 18.5 Å². The molecule has 1 atom stereocenters. The first kappa shape index (κ1) is 21.7. The van der Waals surface area contributed by atoms with E-state index in [4.69, 9.17) is 0 Å². The number of rotatable bonds is 8. The second-order valence-corrected chi connectivity index (χ2v) is 7.93. The molecule has 1 unspecified atom stereocenters. The van der Waals surface area contributed by atoms with E-state index in [0.717, 1.165) is 64.3 Å². The molecule has 0 radical (unpaired) electrons. The maximum absolute atomic E-state index is 12.4. The normalized spacial score (nSPS) is 20.2. The number of imide groups is 1. The number of hydrogen-bond donors (Lipinski definition) is 3. The van der Waals surface area contributed by atoms with E-state index in [-0.39, 0.29) is 35.8 Å². The predicted octanol–water partition coefficient (Wildman–Crippen LogP) is 2.16. The number of unbranched alkanes of at least 4 members (excludes halogenated alkanes) is 2. The zero-order chi connectivity index (χ0) is 19.6. The molecule has 1 heterocycles. The maximum atomic E-state index is 12.4. The molecule has 4 amide bonds. The van der Waals surface area contributed by atoms with Crippen molar-refractivity contribution in [2.75, 3.05) is 19.6 Å². The van der Waals surface area contributed by atoms with Gasteiger partial charge in [-0.05, 0) is 52.1 Å². The van der Waals surface area contributed by atoms with Gasteiger partial charge in [-0.2, -0.15) is 0 Å². The number of likely N-dealkylation sites (tertiary alicyclic amines) is 1. The van der Waals surface area contributed by atoms with Gasteiger partial charge in [-0.15, -0.1) is 0 Å². The Bertz CT molecular complexity index is 497. The Morgan fingerprint density at radius 1 is 1.04 bits per heavy atom. The van der Waals surface area contributed by atoms with Crippen LogP contribution in [0.15, 0.2) is 0 Å². The molecule has 1 saturated heterocycles. The minimum absolute atomic E-state index is 0.0313. The summed E-state index contributed by atoms with van der Waals surface area (Å²) in [6, 6.07) is -0.562. The van der Waals surface area contributed by atoms with Gasteiger partial charge in [0.1, 0.15) is 0 Å². The average molecular weight is 381 g/mol. The second kappa shape index (κ2) is 11.3. The number of urea groups is 1. The zero-order valence-electron chi connectivity index (χ0n) is 16.9. The van der Waals surface area contributed by atoms with Crippen molar-refractivity contribution in [3.8, 4) is 0 Å². The largest absolute Gasteiger partial charge is 0.356 e. The third-order valence-corrected chi connectivity index (χ3v) is 5.83. The summed E-state index contributed by atoms with van der Waals surface area (Å²) in [5.41, 5.74) is 0. The zero-order valence-corrected chi connectivity index (χ0v) is 16.9. The van der Waals surface area contributed by atoms with Crippen LogP contribution in [-0.4, -0.2) is 54.5 Å². The highest BCUT2D eigenvalue weighted by Crippen LogP contribution is 2.20. The van der Waals surface area contributed by atoms with Crippen LogP contribution >= 0.6 is 0 Å². The highest BCUT2D eigenvalue weighted by atomic mass is 16.2. The van der Waals surface area contributed by atoms with Crippen molar-refractivity contribution >= 4 is 17.8 Å². The van der Waals surface area contributed by atoms with Crippen molar-refractivity contribution in [2.24, 2.45) is 5.92 Å². The summed E-state index contributed by atoms with van der Waals surface area (Å²) in [6.07, 6.45) is 9.08. The summed E-state index contributed by atoms with van der Waals surface area (Å²) < 4.78 is 0. The Morgan fingerprint density at radius 3 is 2.33 bits per heavy atom. The van der Waals surface area contributed by atoms with E-state index in [1.165, 1.54) is 0 Å². The van der Waals surface area contributed by atoms with Crippen LogP contribution in [0.3, 0.4) is 0 Å². The number of carbonyl (C=O) groups excluding carboxylic acids is 3. The predicted molar refractivity (Wildman–Crippen MR) is 105 cm³/mol. The first-order chi connectivity index (χ1) is 13.0. The molecule has 27 heavy (non-hydrogen) atoms. The van der Waals surface area contributed by atoms with Crippen molar-refractivity contribution < 1.29 is 14.4 Å². The van der Waals surface area contributed by atoms with Crippen LogP contribution in [0.4, 0.5) is 4.79 Å². The van der Waals surface area contributed by atoms with Gasteiger partial charge in [0.15, 0.2) is 0 Å². The van der Waals surface area contributed by atoms with Gasteiger partial charge in [-0.25, -0.2) is 4.79 Å². The molecule has 1 saturated carbocycles. The molecular weight excluding hydrogens is 344 g/mol. The SMILES string of the molecule is CCCCCNC(=O)C1CCN(C(C)C(=O)NC(=O)NC2CCCC2)CC1. The van der Waals surface area contributed by atoms with Gasteiger partial charge in [0.25, 0.3) is 0 Å². The molecule has 7 nitrogen and oxygen atoms in total. The summed E-state index contributed by atoms with van der Waals surface area (Å²) in [5.74, 6) is -0.101. The van der Waals surface area contributed by atoms with Crippen molar-refractivity contribution in [3.05, 3.63) is 0 Å². The van der Waals surface area contributed by atoms with Crippen LogP contribution in [0, 0.1) is 5.92 Å². The summed E-state index contributed by atoms with van der Waals surface area (Å²) in [7, 11) is 0. The van der Waals surface area contributed by atoms with Gasteiger partial charge in [-0.1, -0.05) is 32.6 Å². The molecule has 0 aromatic rings. The molecule has 154 valence electrons. The fourth-order valence-corrected chi connectivity index (χ4v) is 3.95. The monoisotopic (exact) mass is 380 g/mol. The third kappa shape index (κ3) is 7.13. The molecule has 1 aliphatic heterocycles. The molecule has 0 bridgehead atoms. The third-order valence-electron chi connectivity index (χ3n) is 5.83. The van der Waals surface area contributed by atoms with Crippen LogP contribution in [0.25, 0.3) is 0 Å². The molecule has 1 aliphatic carbocycles. The molecule has 0 spiro atoms. The smallest absolute Gasteiger partial charge is 0.321 e. The summed E-state index contributed by atoms with van der Waals surface area (Å²) in [5, 5.41) is 8.37. The van der Waals surface area contributed by atoms with E-state index < -0.39 is 0 Å². The lowest BCUT2D eigenvalue weighted by molar-refractivity contribution is -0.128. The Morgan fingerprint density at radius 2 is 1.70 bits per heavy atom. The lowest BCUT2D eigenvalue weighted by Gasteiger charge is -2.34. The fourth-order valence-electron chi connectivity index (χ4n) is 3.95. The van der Waals surface area contributed by atoms with E-state index in [0.29, 0.717) is 13.1 Å². The Labute approximate surface area is 163 Å². The van der Waals surface area contributed by atoms with Crippen molar-refractivity contribution in [1.29, 1.82) is 0 Å². The van der Waals surface area contributed by atoms with Crippen LogP contribution in [0.1, 0.15) is 71.6 Å². The van der Waals surface area contributed by atoms with E-state index >= 15 is 0 Å². The van der Waals surface area contributed by atoms with Gasteiger partial charge in [-0.3, -0.25) is 19.8 Å². The number of nitrogens with one attached hydrogen (secondary N) is 3. The summed E-state index contributed by atoms with van der Waals surface area (Å²) in [4.78, 5) is 38.6. The maximum Gasteiger partial charge on any atom is 0.321 e. The van der Waals surface area contributed by atoms with Gasteiger partial charge in [0.2, 0.25) is 11.8 Å². The number of carbonyl (C=O) groups is 3.